The molecule has 0 aromatic rings. The molecule has 0 saturated carbocycles. The van der Waals surface area contributed by atoms with E-state index in [9.17, 15) is 10.2 Å². The molecule has 0 aliphatic heterocycles. The fourth-order valence-electron chi connectivity index (χ4n) is 1.68. The smallest absolute Gasteiger partial charge is 0.0810 e. The molecule has 5 nitrogen and oxygen atoms in total. The molecule has 0 aliphatic carbocycles. The van der Waals surface area contributed by atoms with E-state index >= 15 is 0 Å². The van der Waals surface area contributed by atoms with Crippen LogP contribution in [0.3, 0.4) is 0 Å². The predicted molar refractivity (Wildman–Crippen MR) is 86.7 cm³/mol. The molecule has 0 heterocycles. The molecule has 5 heteroatoms. The van der Waals surface area contributed by atoms with Gasteiger partial charge in [-0.1, -0.05) is 30.7 Å². The van der Waals surface area contributed by atoms with Crippen molar-refractivity contribution in [2.75, 3.05) is 26.4 Å². The number of ether oxygens (including phenoxy) is 2. The van der Waals surface area contributed by atoms with Gasteiger partial charge < -0.3 is 25.8 Å². The van der Waals surface area contributed by atoms with Crippen LogP contribution in [0.15, 0.2) is 37.0 Å². The predicted octanol–water partition coefficient (Wildman–Crippen LogP) is 2.39. The lowest BCUT2D eigenvalue weighted by Crippen LogP contribution is -2.17. The maximum Gasteiger partial charge on any atom is 0.0810 e. The summed E-state index contributed by atoms with van der Waals surface area (Å²) in [6.45, 7) is 10.6. The minimum absolute atomic E-state index is 0. The van der Waals surface area contributed by atoms with E-state index in [1.54, 1.807) is 12.2 Å². The van der Waals surface area contributed by atoms with Crippen LogP contribution < -0.4 is 6.15 Å². The summed E-state index contributed by atoms with van der Waals surface area (Å²) >= 11 is 0. The molecule has 0 spiro atoms. The fraction of sp³-hybridized carbons (Fsp3) is 0.625. The first-order chi connectivity index (χ1) is 9.63. The zero-order valence-corrected chi connectivity index (χ0v) is 13.2. The molecule has 0 amide bonds. The van der Waals surface area contributed by atoms with Crippen LogP contribution in [0.5, 0.6) is 0 Å². The minimum atomic E-state index is -0.523. The maximum absolute atomic E-state index is 9.82. The van der Waals surface area contributed by atoms with E-state index in [4.69, 9.17) is 9.47 Å². The fourth-order valence-corrected chi connectivity index (χ4v) is 1.68. The summed E-state index contributed by atoms with van der Waals surface area (Å²) in [6.07, 6.45) is 6.18. The number of rotatable bonds is 13. The Kier molecular flexibility index (Phi) is 16.4. The molecule has 2 unspecified atom stereocenters. The van der Waals surface area contributed by atoms with Crippen LogP contribution in [0.4, 0.5) is 0 Å². The highest BCUT2D eigenvalue weighted by Gasteiger charge is 2.08. The summed E-state index contributed by atoms with van der Waals surface area (Å²) in [7, 11) is 0. The van der Waals surface area contributed by atoms with Gasteiger partial charge in [-0.25, -0.2) is 0 Å². The number of aliphatic hydroxyl groups excluding tert-OH is 2. The molecule has 124 valence electrons. The third-order valence-corrected chi connectivity index (χ3v) is 2.72. The van der Waals surface area contributed by atoms with Gasteiger partial charge in [0.05, 0.1) is 38.6 Å². The van der Waals surface area contributed by atoms with Gasteiger partial charge in [0.1, 0.15) is 0 Å². The van der Waals surface area contributed by atoms with Crippen molar-refractivity contribution in [3.8, 4) is 0 Å². The third-order valence-electron chi connectivity index (χ3n) is 2.72. The van der Waals surface area contributed by atoms with Crippen molar-refractivity contribution in [1.82, 2.24) is 6.15 Å². The maximum atomic E-state index is 9.82. The summed E-state index contributed by atoms with van der Waals surface area (Å²) in [5, 5.41) is 19.5. The molecule has 0 radical (unpaired) electrons. The zero-order chi connectivity index (χ0) is 15.2. The Morgan fingerprint density at radius 1 is 1.05 bits per heavy atom. The molecule has 0 bridgehead atoms. The largest absolute Gasteiger partial charge is 0.390 e. The van der Waals surface area contributed by atoms with E-state index in [1.165, 1.54) is 0 Å². The van der Waals surface area contributed by atoms with Crippen LogP contribution in [0, 0.1) is 0 Å². The second-order valence-corrected chi connectivity index (χ2v) is 4.62. The van der Waals surface area contributed by atoms with Gasteiger partial charge >= 0.3 is 0 Å². The molecular weight excluding hydrogens is 270 g/mol. The van der Waals surface area contributed by atoms with E-state index in [-0.39, 0.29) is 6.15 Å². The van der Waals surface area contributed by atoms with E-state index in [2.05, 4.69) is 13.2 Å². The Morgan fingerprint density at radius 2 is 1.57 bits per heavy atom. The highest BCUT2D eigenvalue weighted by molar-refractivity contribution is 5.03. The standard InChI is InChI=1S/C16H28O4.H3N/c1-4-9-19-12-15(17)8-7-14(6-3)11-16(18)13-20-10-5-2;/h4-5,7,15-18H,1-2,6,8-13H2,3H3;1H3. The van der Waals surface area contributed by atoms with Gasteiger partial charge in [-0.2, -0.15) is 0 Å². The number of aliphatic hydroxyl groups is 2. The highest BCUT2D eigenvalue weighted by Crippen LogP contribution is 2.12. The highest BCUT2D eigenvalue weighted by atomic mass is 16.5. The third kappa shape index (κ3) is 13.7. The lowest BCUT2D eigenvalue weighted by molar-refractivity contribution is 0.0475. The molecule has 0 aromatic carbocycles. The summed E-state index contributed by atoms with van der Waals surface area (Å²) in [6, 6.07) is 0. The minimum Gasteiger partial charge on any atom is -0.390 e. The number of hydrogen-bond donors (Lipinski definition) is 3. The Bertz CT molecular complexity index is 292. The molecule has 2 atom stereocenters. The SMILES string of the molecule is C=CCOCC(O)CC=C(CC)CC(O)COCC=C.N. The molecule has 0 rings (SSSR count). The average molecular weight is 301 g/mol. The Labute approximate surface area is 128 Å². The van der Waals surface area contributed by atoms with Crippen LogP contribution in [-0.4, -0.2) is 48.8 Å². The molecule has 0 saturated heterocycles. The zero-order valence-electron chi connectivity index (χ0n) is 13.2. The van der Waals surface area contributed by atoms with Crippen LogP contribution in [-0.2, 0) is 9.47 Å². The van der Waals surface area contributed by atoms with Gasteiger partial charge in [0.2, 0.25) is 0 Å². The van der Waals surface area contributed by atoms with Gasteiger partial charge in [0.15, 0.2) is 0 Å². The summed E-state index contributed by atoms with van der Waals surface area (Å²) in [4.78, 5) is 0. The van der Waals surface area contributed by atoms with E-state index in [0.29, 0.717) is 39.3 Å². The second-order valence-electron chi connectivity index (χ2n) is 4.62. The molecular formula is C16H31NO4. The molecule has 0 fully saturated rings. The van der Waals surface area contributed by atoms with Crippen molar-refractivity contribution in [1.29, 1.82) is 0 Å². The Balaban J connectivity index is 0. The monoisotopic (exact) mass is 301 g/mol. The van der Waals surface area contributed by atoms with Gasteiger partial charge in [0.25, 0.3) is 0 Å². The topological polar surface area (TPSA) is 93.9 Å². The first-order valence-corrected chi connectivity index (χ1v) is 7.05. The lowest BCUT2D eigenvalue weighted by Gasteiger charge is -2.13. The van der Waals surface area contributed by atoms with Gasteiger partial charge in [-0.15, -0.1) is 13.2 Å². The second kappa shape index (κ2) is 15.4. The van der Waals surface area contributed by atoms with Crippen molar-refractivity contribution in [2.24, 2.45) is 0 Å². The van der Waals surface area contributed by atoms with Gasteiger partial charge in [0, 0.05) is 0 Å². The van der Waals surface area contributed by atoms with Crippen LogP contribution >= 0.6 is 0 Å². The quantitative estimate of drug-likeness (QED) is 0.359. The Hall–Kier alpha value is -0.980. The van der Waals surface area contributed by atoms with Crippen molar-refractivity contribution in [3.05, 3.63) is 37.0 Å². The van der Waals surface area contributed by atoms with Crippen molar-refractivity contribution >= 4 is 0 Å². The van der Waals surface area contributed by atoms with Crippen LogP contribution in [0.2, 0.25) is 0 Å². The Morgan fingerprint density at radius 3 is 2.05 bits per heavy atom. The van der Waals surface area contributed by atoms with Gasteiger partial charge in [-0.3, -0.25) is 0 Å². The lowest BCUT2D eigenvalue weighted by atomic mass is 10.0. The number of hydrogen-bond acceptors (Lipinski definition) is 5. The summed E-state index contributed by atoms with van der Waals surface area (Å²) in [5.74, 6) is 0. The first-order valence-electron chi connectivity index (χ1n) is 7.05. The summed E-state index contributed by atoms with van der Waals surface area (Å²) in [5.41, 5.74) is 1.11. The van der Waals surface area contributed by atoms with Crippen molar-refractivity contribution in [2.45, 2.75) is 38.4 Å². The van der Waals surface area contributed by atoms with Crippen LogP contribution in [0.25, 0.3) is 0 Å². The van der Waals surface area contributed by atoms with E-state index < -0.39 is 12.2 Å². The molecule has 5 N–H and O–H groups in total. The van der Waals surface area contributed by atoms with Crippen LogP contribution in [0.1, 0.15) is 26.2 Å². The van der Waals surface area contributed by atoms with Gasteiger partial charge in [-0.05, 0) is 19.3 Å². The summed E-state index contributed by atoms with van der Waals surface area (Å²) < 4.78 is 10.4. The van der Waals surface area contributed by atoms with Crippen molar-refractivity contribution < 1.29 is 19.7 Å². The van der Waals surface area contributed by atoms with E-state index in [0.717, 1.165) is 12.0 Å². The molecule has 0 aromatic heterocycles. The normalized spacial score (nSPS) is 14.1. The molecule has 21 heavy (non-hydrogen) atoms. The first kappa shape index (κ1) is 22.3. The molecule has 0 aliphatic rings. The average Bonchev–Trinajstić information content (AvgIpc) is 2.44. The van der Waals surface area contributed by atoms with Crippen molar-refractivity contribution in [3.63, 3.8) is 0 Å². The van der Waals surface area contributed by atoms with E-state index in [1.807, 2.05) is 13.0 Å².